The standard InChI is InChI=1S/C14H13NO4/c16-12(17)6-7-14(8-9-14)15-13(18)19-10-11-4-2-1-3-5-11/h1-5H,8-10H2,(H,15,18)(H,16,17). The number of hydrogen-bond donors (Lipinski definition) is 2. The average molecular weight is 259 g/mol. The van der Waals surface area contributed by atoms with E-state index in [4.69, 9.17) is 9.84 Å². The van der Waals surface area contributed by atoms with Crippen molar-refractivity contribution in [2.24, 2.45) is 0 Å². The molecule has 2 rings (SSSR count). The number of nitrogens with one attached hydrogen (secondary N) is 1. The van der Waals surface area contributed by atoms with E-state index in [2.05, 4.69) is 11.2 Å². The molecular formula is C14H13NO4. The lowest BCUT2D eigenvalue weighted by molar-refractivity contribution is -0.130. The summed E-state index contributed by atoms with van der Waals surface area (Å²) in [6, 6.07) is 9.30. The number of rotatable bonds is 3. The fourth-order valence-corrected chi connectivity index (χ4v) is 1.53. The summed E-state index contributed by atoms with van der Waals surface area (Å²) < 4.78 is 5.05. The Balaban J connectivity index is 1.82. The first-order valence-electron chi connectivity index (χ1n) is 5.85. The third-order valence-electron chi connectivity index (χ3n) is 2.71. The first kappa shape index (κ1) is 13.0. The van der Waals surface area contributed by atoms with E-state index < -0.39 is 17.6 Å². The number of hydrogen-bond acceptors (Lipinski definition) is 3. The van der Waals surface area contributed by atoms with Gasteiger partial charge in [0.15, 0.2) is 0 Å². The number of carboxylic acid groups (broad SMARTS) is 1. The Morgan fingerprint density at radius 3 is 2.58 bits per heavy atom. The SMILES string of the molecule is O=C(O)C#CC1(NC(=O)OCc2ccccc2)CC1. The van der Waals surface area contributed by atoms with Crippen LogP contribution in [-0.4, -0.2) is 22.7 Å². The van der Waals surface area contributed by atoms with Crippen LogP contribution in [0.5, 0.6) is 0 Å². The topological polar surface area (TPSA) is 75.6 Å². The highest BCUT2D eigenvalue weighted by Crippen LogP contribution is 2.34. The van der Waals surface area contributed by atoms with Crippen LogP contribution in [0.2, 0.25) is 0 Å². The summed E-state index contributed by atoms with van der Waals surface area (Å²) in [7, 11) is 0. The van der Waals surface area contributed by atoms with Gasteiger partial charge < -0.3 is 15.2 Å². The second kappa shape index (κ2) is 5.44. The highest BCUT2D eigenvalue weighted by molar-refractivity contribution is 5.87. The van der Waals surface area contributed by atoms with Crippen molar-refractivity contribution >= 4 is 12.1 Å². The molecule has 1 fully saturated rings. The molecule has 0 aromatic heterocycles. The van der Waals surface area contributed by atoms with E-state index in [1.165, 1.54) is 0 Å². The number of carbonyl (C=O) groups is 2. The molecular weight excluding hydrogens is 246 g/mol. The zero-order valence-electron chi connectivity index (χ0n) is 10.2. The molecule has 1 aliphatic carbocycles. The molecule has 1 amide bonds. The van der Waals surface area contributed by atoms with E-state index in [0.717, 1.165) is 5.56 Å². The predicted molar refractivity (Wildman–Crippen MR) is 67.1 cm³/mol. The van der Waals surface area contributed by atoms with Crippen LogP contribution in [0.25, 0.3) is 0 Å². The molecule has 0 aliphatic heterocycles. The third kappa shape index (κ3) is 4.03. The molecule has 1 aromatic carbocycles. The Morgan fingerprint density at radius 1 is 1.32 bits per heavy atom. The smallest absolute Gasteiger partial charge is 0.408 e. The van der Waals surface area contributed by atoms with Crippen LogP contribution < -0.4 is 5.32 Å². The van der Waals surface area contributed by atoms with Gasteiger partial charge in [0, 0.05) is 5.92 Å². The molecule has 0 heterocycles. The Kier molecular flexibility index (Phi) is 3.71. The van der Waals surface area contributed by atoms with Gasteiger partial charge in [-0.2, -0.15) is 0 Å². The number of carbonyl (C=O) groups excluding carboxylic acids is 1. The van der Waals surface area contributed by atoms with Crippen LogP contribution in [0.15, 0.2) is 30.3 Å². The lowest BCUT2D eigenvalue weighted by Gasteiger charge is -2.11. The highest BCUT2D eigenvalue weighted by atomic mass is 16.5. The quantitative estimate of drug-likeness (QED) is 0.807. The Labute approximate surface area is 110 Å². The van der Waals surface area contributed by atoms with Crippen molar-refractivity contribution in [3.8, 4) is 11.8 Å². The van der Waals surface area contributed by atoms with Crippen molar-refractivity contribution in [1.82, 2.24) is 5.32 Å². The van der Waals surface area contributed by atoms with Crippen LogP contribution in [0, 0.1) is 11.8 Å². The van der Waals surface area contributed by atoms with E-state index in [1.807, 2.05) is 36.3 Å². The van der Waals surface area contributed by atoms with Gasteiger partial charge in [0.2, 0.25) is 0 Å². The third-order valence-corrected chi connectivity index (χ3v) is 2.71. The van der Waals surface area contributed by atoms with Crippen molar-refractivity contribution in [2.75, 3.05) is 0 Å². The maximum Gasteiger partial charge on any atom is 0.408 e. The molecule has 0 atom stereocenters. The lowest BCUT2D eigenvalue weighted by Crippen LogP contribution is -2.36. The summed E-state index contributed by atoms with van der Waals surface area (Å²) in [5.41, 5.74) is 0.172. The summed E-state index contributed by atoms with van der Waals surface area (Å²) in [5.74, 6) is 3.36. The molecule has 0 saturated heterocycles. The summed E-state index contributed by atoms with van der Waals surface area (Å²) in [4.78, 5) is 21.9. The molecule has 1 saturated carbocycles. The van der Waals surface area contributed by atoms with Gasteiger partial charge in [-0.15, -0.1) is 0 Å². The van der Waals surface area contributed by atoms with Gasteiger partial charge in [-0.25, -0.2) is 9.59 Å². The number of benzene rings is 1. The zero-order valence-corrected chi connectivity index (χ0v) is 10.2. The summed E-state index contributed by atoms with van der Waals surface area (Å²) in [6.45, 7) is 0.176. The van der Waals surface area contributed by atoms with Gasteiger partial charge in [0.1, 0.15) is 12.1 Å². The van der Waals surface area contributed by atoms with E-state index in [1.54, 1.807) is 0 Å². The van der Waals surface area contributed by atoms with Crippen molar-refractivity contribution in [2.45, 2.75) is 25.0 Å². The minimum Gasteiger partial charge on any atom is -0.472 e. The summed E-state index contributed by atoms with van der Waals surface area (Å²) in [6.07, 6.45) is 0.711. The predicted octanol–water partition coefficient (Wildman–Crippen LogP) is 1.53. The summed E-state index contributed by atoms with van der Waals surface area (Å²) >= 11 is 0. The van der Waals surface area contributed by atoms with Gasteiger partial charge in [0.05, 0.1) is 0 Å². The molecule has 5 heteroatoms. The first-order chi connectivity index (χ1) is 9.10. The van der Waals surface area contributed by atoms with Crippen LogP contribution >= 0.6 is 0 Å². The molecule has 0 radical (unpaired) electrons. The van der Waals surface area contributed by atoms with E-state index >= 15 is 0 Å². The molecule has 0 unspecified atom stereocenters. The Morgan fingerprint density at radius 2 is 2.00 bits per heavy atom. The minimum absolute atomic E-state index is 0.176. The van der Waals surface area contributed by atoms with E-state index in [0.29, 0.717) is 12.8 Å². The van der Waals surface area contributed by atoms with Crippen molar-refractivity contribution in [3.63, 3.8) is 0 Å². The number of alkyl carbamates (subject to hydrolysis) is 1. The number of ether oxygens (including phenoxy) is 1. The number of carboxylic acids is 1. The lowest BCUT2D eigenvalue weighted by atomic mass is 10.2. The molecule has 98 valence electrons. The monoisotopic (exact) mass is 259 g/mol. The Hall–Kier alpha value is -2.48. The molecule has 1 aliphatic rings. The molecule has 1 aromatic rings. The average Bonchev–Trinajstić information content (AvgIpc) is 3.16. The first-order valence-corrected chi connectivity index (χ1v) is 5.85. The fourth-order valence-electron chi connectivity index (χ4n) is 1.53. The maximum absolute atomic E-state index is 11.6. The fraction of sp³-hybridized carbons (Fsp3) is 0.286. The van der Waals surface area contributed by atoms with Crippen LogP contribution in [0.4, 0.5) is 4.79 Å². The maximum atomic E-state index is 11.6. The van der Waals surface area contributed by atoms with Crippen molar-refractivity contribution in [3.05, 3.63) is 35.9 Å². The number of amides is 1. The molecule has 5 nitrogen and oxygen atoms in total. The van der Waals surface area contributed by atoms with Gasteiger partial charge in [-0.05, 0) is 18.4 Å². The highest BCUT2D eigenvalue weighted by Gasteiger charge is 2.43. The summed E-state index contributed by atoms with van der Waals surface area (Å²) in [5, 5.41) is 11.1. The number of aliphatic carboxylic acids is 1. The minimum atomic E-state index is -1.20. The van der Waals surface area contributed by atoms with Gasteiger partial charge >= 0.3 is 12.1 Å². The van der Waals surface area contributed by atoms with Crippen molar-refractivity contribution < 1.29 is 19.4 Å². The normalized spacial score (nSPS) is 14.7. The van der Waals surface area contributed by atoms with Crippen LogP contribution in [-0.2, 0) is 16.1 Å². The van der Waals surface area contributed by atoms with E-state index in [-0.39, 0.29) is 6.61 Å². The molecule has 2 N–H and O–H groups in total. The van der Waals surface area contributed by atoms with Gasteiger partial charge in [-0.3, -0.25) is 0 Å². The zero-order chi connectivity index (χ0) is 13.7. The second-order valence-electron chi connectivity index (χ2n) is 4.32. The molecule has 0 spiro atoms. The van der Waals surface area contributed by atoms with Gasteiger partial charge in [-0.1, -0.05) is 36.3 Å². The second-order valence-corrected chi connectivity index (χ2v) is 4.32. The molecule has 19 heavy (non-hydrogen) atoms. The van der Waals surface area contributed by atoms with Crippen molar-refractivity contribution in [1.29, 1.82) is 0 Å². The van der Waals surface area contributed by atoms with Crippen LogP contribution in [0.3, 0.4) is 0 Å². The molecule has 0 bridgehead atoms. The van der Waals surface area contributed by atoms with Crippen LogP contribution in [0.1, 0.15) is 18.4 Å². The van der Waals surface area contributed by atoms with Gasteiger partial charge in [0.25, 0.3) is 0 Å². The van der Waals surface area contributed by atoms with E-state index in [9.17, 15) is 9.59 Å². The Bertz CT molecular complexity index is 538. The largest absolute Gasteiger partial charge is 0.472 e.